The fourth-order valence-electron chi connectivity index (χ4n) is 3.08. The largest absolute Gasteiger partial charge is 0.416 e. The molecule has 0 aliphatic heterocycles. The Morgan fingerprint density at radius 3 is 2.39 bits per heavy atom. The Balaban J connectivity index is 1.29. The van der Waals surface area contributed by atoms with Crippen LogP contribution in [0.15, 0.2) is 88.2 Å². The first-order chi connectivity index (χ1) is 15.2. The van der Waals surface area contributed by atoms with Crippen LogP contribution in [0.25, 0.3) is 22.9 Å². The fraction of sp³-hybridized carbons (Fsp3) is 0.160. The summed E-state index contributed by atoms with van der Waals surface area (Å²) < 4.78 is 5.81. The van der Waals surface area contributed by atoms with Crippen molar-refractivity contribution in [3.63, 3.8) is 0 Å². The molecule has 0 unspecified atom stereocenters. The number of nitrogens with zero attached hydrogens (tertiary/aromatic N) is 2. The molecule has 4 rings (SSSR count). The van der Waals surface area contributed by atoms with E-state index in [2.05, 4.69) is 27.6 Å². The van der Waals surface area contributed by atoms with Gasteiger partial charge in [-0.25, -0.2) is 0 Å². The number of aryl methyl sites for hydroxylation is 1. The maximum absolute atomic E-state index is 12.4. The van der Waals surface area contributed by atoms with Gasteiger partial charge in [0, 0.05) is 28.1 Å². The summed E-state index contributed by atoms with van der Waals surface area (Å²) in [5.74, 6) is 1.79. The highest BCUT2D eigenvalue weighted by Crippen LogP contribution is 2.24. The first-order valence-electron chi connectivity index (χ1n) is 10.2. The van der Waals surface area contributed by atoms with Gasteiger partial charge < -0.3 is 9.73 Å². The predicted molar refractivity (Wildman–Crippen MR) is 124 cm³/mol. The lowest BCUT2D eigenvalue weighted by molar-refractivity contribution is 0.0954. The van der Waals surface area contributed by atoms with Crippen LogP contribution in [0.2, 0.25) is 0 Å². The Kier molecular flexibility index (Phi) is 6.79. The second-order valence-electron chi connectivity index (χ2n) is 7.13. The van der Waals surface area contributed by atoms with E-state index in [4.69, 9.17) is 4.42 Å². The third-order valence-corrected chi connectivity index (χ3v) is 5.80. The van der Waals surface area contributed by atoms with Crippen LogP contribution in [-0.4, -0.2) is 28.4 Å². The number of hydrogen-bond donors (Lipinski definition) is 1. The van der Waals surface area contributed by atoms with Gasteiger partial charge in [0.15, 0.2) is 0 Å². The molecule has 0 atom stereocenters. The Morgan fingerprint density at radius 1 is 0.903 bits per heavy atom. The van der Waals surface area contributed by atoms with Crippen molar-refractivity contribution >= 4 is 17.7 Å². The lowest BCUT2D eigenvalue weighted by Gasteiger charge is -2.06. The molecule has 1 N–H and O–H groups in total. The van der Waals surface area contributed by atoms with E-state index in [1.54, 1.807) is 23.9 Å². The van der Waals surface area contributed by atoms with Gasteiger partial charge >= 0.3 is 0 Å². The number of nitrogens with one attached hydrogen (secondary N) is 1. The molecule has 1 amide bonds. The lowest BCUT2D eigenvalue weighted by Crippen LogP contribution is -2.24. The summed E-state index contributed by atoms with van der Waals surface area (Å²) in [5, 5.41) is 11.3. The van der Waals surface area contributed by atoms with Gasteiger partial charge in [0.25, 0.3) is 5.91 Å². The van der Waals surface area contributed by atoms with Crippen LogP contribution in [0.1, 0.15) is 22.3 Å². The van der Waals surface area contributed by atoms with Crippen molar-refractivity contribution in [2.45, 2.75) is 18.2 Å². The van der Waals surface area contributed by atoms with E-state index in [0.29, 0.717) is 23.9 Å². The Labute approximate surface area is 185 Å². The van der Waals surface area contributed by atoms with Crippen molar-refractivity contribution in [2.24, 2.45) is 0 Å². The molecule has 4 aromatic rings. The number of amides is 1. The molecular formula is C25H23N3O2S. The van der Waals surface area contributed by atoms with Gasteiger partial charge in [-0.2, -0.15) is 0 Å². The van der Waals surface area contributed by atoms with E-state index >= 15 is 0 Å². The molecule has 0 bridgehead atoms. The summed E-state index contributed by atoms with van der Waals surface area (Å²) in [5.41, 5.74) is 3.41. The number of benzene rings is 3. The average molecular weight is 430 g/mol. The van der Waals surface area contributed by atoms with Gasteiger partial charge in [0.1, 0.15) is 0 Å². The highest BCUT2D eigenvalue weighted by molar-refractivity contribution is 7.99. The molecule has 0 radical (unpaired) electrons. The topological polar surface area (TPSA) is 68.0 Å². The van der Waals surface area contributed by atoms with Gasteiger partial charge in [-0.05, 0) is 67.6 Å². The number of hydrogen-bond acceptors (Lipinski definition) is 5. The zero-order valence-corrected chi connectivity index (χ0v) is 18.1. The van der Waals surface area contributed by atoms with Crippen LogP contribution in [0, 0.1) is 6.92 Å². The number of aromatic nitrogens is 2. The van der Waals surface area contributed by atoms with Gasteiger partial charge in [0.05, 0.1) is 0 Å². The molecule has 6 heteroatoms. The Morgan fingerprint density at radius 2 is 1.65 bits per heavy atom. The van der Waals surface area contributed by atoms with Crippen molar-refractivity contribution in [2.75, 3.05) is 12.3 Å². The molecular weight excluding hydrogens is 406 g/mol. The smallest absolute Gasteiger partial charge is 0.251 e. The van der Waals surface area contributed by atoms with E-state index in [1.165, 1.54) is 4.90 Å². The summed E-state index contributed by atoms with van der Waals surface area (Å²) in [6.07, 6.45) is 0.910. The molecule has 0 aliphatic rings. The summed E-state index contributed by atoms with van der Waals surface area (Å²) >= 11 is 1.79. The normalized spacial score (nSPS) is 10.7. The number of carbonyl (C=O) groups is 1. The zero-order chi connectivity index (χ0) is 21.5. The maximum atomic E-state index is 12.4. The minimum absolute atomic E-state index is 0.0813. The maximum Gasteiger partial charge on any atom is 0.251 e. The molecule has 0 aliphatic carbocycles. The summed E-state index contributed by atoms with van der Waals surface area (Å²) in [4.78, 5) is 13.6. The highest BCUT2D eigenvalue weighted by atomic mass is 32.2. The molecule has 31 heavy (non-hydrogen) atoms. The van der Waals surface area contributed by atoms with E-state index in [9.17, 15) is 4.79 Å². The van der Waals surface area contributed by atoms with Crippen molar-refractivity contribution in [1.82, 2.24) is 15.5 Å². The molecule has 0 saturated heterocycles. The van der Waals surface area contributed by atoms with Crippen molar-refractivity contribution in [3.05, 3.63) is 90.0 Å². The van der Waals surface area contributed by atoms with E-state index in [1.807, 2.05) is 61.5 Å². The van der Waals surface area contributed by atoms with Crippen LogP contribution in [-0.2, 0) is 0 Å². The standard InChI is InChI=1S/C25H23N3O2S/c1-18-7-5-8-21(17-18)25-28-27-24(30-25)20-13-11-19(12-14-20)23(29)26-15-6-16-31-22-9-3-2-4-10-22/h2-5,7-14,17H,6,15-16H2,1H3,(H,26,29). The van der Waals surface area contributed by atoms with Crippen LogP contribution >= 0.6 is 11.8 Å². The van der Waals surface area contributed by atoms with Crippen LogP contribution in [0.5, 0.6) is 0 Å². The Bertz CT molecular complexity index is 1140. The number of rotatable bonds is 8. The van der Waals surface area contributed by atoms with Crippen molar-refractivity contribution in [1.29, 1.82) is 0 Å². The monoisotopic (exact) mass is 429 g/mol. The van der Waals surface area contributed by atoms with Crippen molar-refractivity contribution in [3.8, 4) is 22.9 Å². The molecule has 0 spiro atoms. The highest BCUT2D eigenvalue weighted by Gasteiger charge is 2.12. The number of thioether (sulfide) groups is 1. The summed E-state index contributed by atoms with van der Waals surface area (Å²) in [6.45, 7) is 2.66. The van der Waals surface area contributed by atoms with Gasteiger partial charge in [0.2, 0.25) is 11.8 Å². The predicted octanol–water partition coefficient (Wildman–Crippen LogP) is 5.62. The Hall–Kier alpha value is -3.38. The average Bonchev–Trinajstić information content (AvgIpc) is 3.30. The molecule has 0 saturated carbocycles. The van der Waals surface area contributed by atoms with E-state index in [0.717, 1.165) is 28.9 Å². The van der Waals surface area contributed by atoms with Gasteiger partial charge in [-0.1, -0.05) is 35.9 Å². The summed E-state index contributed by atoms with van der Waals surface area (Å²) in [6, 6.07) is 25.4. The van der Waals surface area contributed by atoms with Gasteiger partial charge in [-0.3, -0.25) is 4.79 Å². The van der Waals surface area contributed by atoms with Crippen molar-refractivity contribution < 1.29 is 9.21 Å². The van der Waals surface area contributed by atoms with Crippen LogP contribution in [0.4, 0.5) is 0 Å². The van der Waals surface area contributed by atoms with E-state index < -0.39 is 0 Å². The molecule has 156 valence electrons. The minimum atomic E-state index is -0.0813. The second-order valence-corrected chi connectivity index (χ2v) is 8.30. The quantitative estimate of drug-likeness (QED) is 0.291. The van der Waals surface area contributed by atoms with Gasteiger partial charge in [-0.15, -0.1) is 22.0 Å². The molecule has 3 aromatic carbocycles. The number of carbonyl (C=O) groups excluding carboxylic acids is 1. The van der Waals surface area contributed by atoms with E-state index in [-0.39, 0.29) is 5.91 Å². The minimum Gasteiger partial charge on any atom is -0.416 e. The second kappa shape index (κ2) is 10.1. The molecule has 5 nitrogen and oxygen atoms in total. The molecule has 1 heterocycles. The molecule has 1 aromatic heterocycles. The molecule has 0 fully saturated rings. The third-order valence-electron chi connectivity index (χ3n) is 4.70. The first kappa shape index (κ1) is 20.9. The third kappa shape index (κ3) is 5.61. The van der Waals surface area contributed by atoms with Crippen LogP contribution in [0.3, 0.4) is 0 Å². The zero-order valence-electron chi connectivity index (χ0n) is 17.2. The SMILES string of the molecule is Cc1cccc(-c2nnc(-c3ccc(C(=O)NCCCSc4ccccc4)cc3)o2)c1. The van der Waals surface area contributed by atoms with Crippen LogP contribution < -0.4 is 5.32 Å². The first-order valence-corrected chi connectivity index (χ1v) is 11.1. The fourth-order valence-corrected chi connectivity index (χ4v) is 3.96. The summed E-state index contributed by atoms with van der Waals surface area (Å²) in [7, 11) is 0. The lowest BCUT2D eigenvalue weighted by atomic mass is 10.1.